The monoisotopic (exact) mass is 283 g/mol. The van der Waals surface area contributed by atoms with Crippen molar-refractivity contribution < 1.29 is 8.42 Å². The van der Waals surface area contributed by atoms with Gasteiger partial charge in [-0.25, -0.2) is 18.4 Å². The van der Waals surface area contributed by atoms with Gasteiger partial charge in [-0.1, -0.05) is 30.3 Å². The third kappa shape index (κ3) is 3.18. The first-order chi connectivity index (χ1) is 8.61. The van der Waals surface area contributed by atoms with Crippen LogP contribution in [0.15, 0.2) is 42.7 Å². The summed E-state index contributed by atoms with van der Waals surface area (Å²) >= 11 is 5.28. The number of aromatic nitrogens is 2. The molecule has 18 heavy (non-hydrogen) atoms. The van der Waals surface area contributed by atoms with E-state index in [9.17, 15) is 8.42 Å². The first-order valence-corrected chi connectivity index (χ1v) is 7.23. The van der Waals surface area contributed by atoms with E-state index in [1.165, 1.54) is 12.4 Å². The maximum atomic E-state index is 11.2. The molecule has 7 heteroatoms. The summed E-state index contributed by atoms with van der Waals surface area (Å²) in [6.45, 7) is 0. The third-order valence-electron chi connectivity index (χ3n) is 2.10. The van der Waals surface area contributed by atoms with E-state index in [2.05, 4.69) is 14.7 Å². The molecule has 0 bridgehead atoms. The van der Waals surface area contributed by atoms with E-state index >= 15 is 0 Å². The molecule has 94 valence electrons. The van der Waals surface area contributed by atoms with E-state index < -0.39 is 15.2 Å². The van der Waals surface area contributed by atoms with Crippen LogP contribution >= 0.6 is 11.6 Å². The van der Waals surface area contributed by atoms with E-state index in [4.69, 9.17) is 11.6 Å². The fraction of sp³-hybridized carbons (Fsp3) is 0.0909. The van der Waals surface area contributed by atoms with Crippen LogP contribution < -0.4 is 4.72 Å². The average Bonchev–Trinajstić information content (AvgIpc) is 2.40. The van der Waals surface area contributed by atoms with Crippen LogP contribution in [0.25, 0.3) is 11.4 Å². The highest BCUT2D eigenvalue weighted by Crippen LogP contribution is 2.15. The number of rotatable bonds is 4. The summed E-state index contributed by atoms with van der Waals surface area (Å²) in [6.07, 6.45) is 2.80. The minimum atomic E-state index is -3.51. The van der Waals surface area contributed by atoms with Crippen molar-refractivity contribution in [2.45, 2.75) is 0 Å². The van der Waals surface area contributed by atoms with Crippen molar-refractivity contribution in [3.63, 3.8) is 0 Å². The summed E-state index contributed by atoms with van der Waals surface area (Å²) in [5, 5.41) is -0.507. The van der Waals surface area contributed by atoms with Crippen molar-refractivity contribution in [2.75, 3.05) is 9.93 Å². The summed E-state index contributed by atoms with van der Waals surface area (Å²) in [5.41, 5.74) is 1.15. The standard InChI is InChI=1S/C11H10ClN3O2S/c12-8-18(16,17)15-10-6-13-11(14-7-10)9-4-2-1-3-5-9/h1-7,15H,8H2. The van der Waals surface area contributed by atoms with Gasteiger partial charge >= 0.3 is 0 Å². The highest BCUT2D eigenvalue weighted by atomic mass is 35.5. The van der Waals surface area contributed by atoms with Gasteiger partial charge in [0.2, 0.25) is 10.0 Å². The van der Waals surface area contributed by atoms with E-state index in [1.807, 2.05) is 30.3 Å². The molecule has 0 spiro atoms. The first kappa shape index (κ1) is 12.8. The third-order valence-corrected chi connectivity index (χ3v) is 3.80. The molecular weight excluding hydrogens is 274 g/mol. The fourth-order valence-corrected chi connectivity index (χ4v) is 2.01. The van der Waals surface area contributed by atoms with Crippen LogP contribution in [0, 0.1) is 0 Å². The molecule has 1 heterocycles. The molecule has 0 radical (unpaired) electrons. The lowest BCUT2D eigenvalue weighted by Gasteiger charge is -2.05. The van der Waals surface area contributed by atoms with Crippen LogP contribution in [0.1, 0.15) is 0 Å². The van der Waals surface area contributed by atoms with Gasteiger partial charge in [0.1, 0.15) is 5.21 Å². The highest BCUT2D eigenvalue weighted by Gasteiger charge is 2.08. The molecule has 1 aromatic carbocycles. The molecule has 2 rings (SSSR count). The molecule has 1 aromatic heterocycles. The van der Waals surface area contributed by atoms with Gasteiger partial charge in [0.25, 0.3) is 0 Å². The van der Waals surface area contributed by atoms with Gasteiger partial charge in [-0.2, -0.15) is 0 Å². The molecule has 0 atom stereocenters. The second kappa shape index (κ2) is 5.32. The minimum Gasteiger partial charge on any atom is -0.279 e. The Morgan fingerprint density at radius 1 is 1.11 bits per heavy atom. The molecule has 1 N–H and O–H groups in total. The number of hydrogen-bond donors (Lipinski definition) is 1. The zero-order chi connectivity index (χ0) is 13.0. The van der Waals surface area contributed by atoms with Crippen molar-refractivity contribution in [3.05, 3.63) is 42.7 Å². The van der Waals surface area contributed by atoms with Crippen LogP contribution in [-0.2, 0) is 10.0 Å². The topological polar surface area (TPSA) is 72.0 Å². The van der Waals surface area contributed by atoms with Crippen molar-refractivity contribution in [1.29, 1.82) is 0 Å². The molecular formula is C11H10ClN3O2S. The predicted molar refractivity (Wildman–Crippen MR) is 70.7 cm³/mol. The Morgan fingerprint density at radius 2 is 1.72 bits per heavy atom. The van der Waals surface area contributed by atoms with E-state index in [0.717, 1.165) is 5.56 Å². The van der Waals surface area contributed by atoms with Crippen LogP contribution in [-0.4, -0.2) is 23.6 Å². The van der Waals surface area contributed by atoms with E-state index in [0.29, 0.717) is 5.82 Å². The molecule has 5 nitrogen and oxygen atoms in total. The molecule has 0 aliphatic rings. The average molecular weight is 284 g/mol. The number of nitrogens with zero attached hydrogens (tertiary/aromatic N) is 2. The predicted octanol–water partition coefficient (Wildman–Crippen LogP) is 2.08. The molecule has 0 amide bonds. The number of nitrogens with one attached hydrogen (secondary N) is 1. The number of alkyl halides is 1. The van der Waals surface area contributed by atoms with Crippen LogP contribution in [0.2, 0.25) is 0 Å². The zero-order valence-electron chi connectivity index (χ0n) is 9.25. The van der Waals surface area contributed by atoms with Crippen molar-refractivity contribution in [2.24, 2.45) is 0 Å². The molecule has 0 unspecified atom stereocenters. The Bertz CT molecular complexity index is 614. The lowest BCUT2D eigenvalue weighted by Crippen LogP contribution is -2.13. The molecule has 0 aliphatic carbocycles. The normalized spacial score (nSPS) is 11.2. The Labute approximate surface area is 110 Å². The summed E-state index contributed by atoms with van der Waals surface area (Å²) < 4.78 is 24.7. The number of benzene rings is 1. The SMILES string of the molecule is O=S(=O)(CCl)Nc1cnc(-c2ccccc2)nc1. The van der Waals surface area contributed by atoms with Gasteiger partial charge in [-0.15, -0.1) is 11.6 Å². The van der Waals surface area contributed by atoms with Gasteiger partial charge in [-0.05, 0) is 0 Å². The summed E-state index contributed by atoms with van der Waals surface area (Å²) in [5.74, 6) is 0.532. The number of halogens is 1. The fourth-order valence-electron chi connectivity index (χ4n) is 1.32. The second-order valence-corrected chi connectivity index (χ2v) is 5.79. The highest BCUT2D eigenvalue weighted by molar-refractivity contribution is 7.93. The summed E-state index contributed by atoms with van der Waals surface area (Å²) in [7, 11) is -3.51. The Morgan fingerprint density at radius 3 is 2.28 bits per heavy atom. The minimum absolute atomic E-state index is 0.287. The molecule has 0 saturated heterocycles. The van der Waals surface area contributed by atoms with Gasteiger partial charge in [0.05, 0.1) is 18.1 Å². The van der Waals surface area contributed by atoms with E-state index in [1.54, 1.807) is 0 Å². The lowest BCUT2D eigenvalue weighted by molar-refractivity contribution is 0.605. The lowest BCUT2D eigenvalue weighted by atomic mass is 10.2. The summed E-state index contributed by atoms with van der Waals surface area (Å²) in [6, 6.07) is 9.40. The van der Waals surface area contributed by atoms with E-state index in [-0.39, 0.29) is 5.69 Å². The Hall–Kier alpha value is -1.66. The Kier molecular flexibility index (Phi) is 3.78. The van der Waals surface area contributed by atoms with Gasteiger partial charge < -0.3 is 0 Å². The maximum absolute atomic E-state index is 11.2. The molecule has 2 aromatic rings. The van der Waals surface area contributed by atoms with Gasteiger partial charge in [-0.3, -0.25) is 4.72 Å². The maximum Gasteiger partial charge on any atom is 0.246 e. The van der Waals surface area contributed by atoms with Gasteiger partial charge in [0.15, 0.2) is 5.82 Å². The number of sulfonamides is 1. The quantitative estimate of drug-likeness (QED) is 0.872. The smallest absolute Gasteiger partial charge is 0.246 e. The van der Waals surface area contributed by atoms with Crippen LogP contribution in [0.5, 0.6) is 0 Å². The first-order valence-electron chi connectivity index (χ1n) is 5.05. The summed E-state index contributed by atoms with van der Waals surface area (Å²) in [4.78, 5) is 8.17. The number of anilines is 1. The second-order valence-electron chi connectivity index (χ2n) is 3.49. The molecule has 0 fully saturated rings. The van der Waals surface area contributed by atoms with Crippen molar-refractivity contribution >= 4 is 27.3 Å². The van der Waals surface area contributed by atoms with Crippen LogP contribution in [0.3, 0.4) is 0 Å². The number of hydrogen-bond acceptors (Lipinski definition) is 4. The molecule has 0 aliphatic heterocycles. The van der Waals surface area contributed by atoms with Crippen molar-refractivity contribution in [1.82, 2.24) is 9.97 Å². The van der Waals surface area contributed by atoms with Gasteiger partial charge in [0, 0.05) is 5.56 Å². The Balaban J connectivity index is 2.21. The van der Waals surface area contributed by atoms with Crippen LogP contribution in [0.4, 0.5) is 5.69 Å². The zero-order valence-corrected chi connectivity index (χ0v) is 10.8. The largest absolute Gasteiger partial charge is 0.279 e. The van der Waals surface area contributed by atoms with Crippen molar-refractivity contribution in [3.8, 4) is 11.4 Å². The molecule has 0 saturated carbocycles.